The SMILES string of the molecule is COCCC(C)C(=O)C1(CN)CCC(C)CC1. The molecule has 17 heavy (non-hydrogen) atoms. The third kappa shape index (κ3) is 3.52. The first kappa shape index (κ1) is 14.7. The number of methoxy groups -OCH3 is 1. The van der Waals surface area contributed by atoms with Gasteiger partial charge in [-0.2, -0.15) is 0 Å². The fourth-order valence-electron chi connectivity index (χ4n) is 2.81. The number of carbonyl (C=O) groups is 1. The highest BCUT2D eigenvalue weighted by Crippen LogP contribution is 2.40. The molecule has 2 N–H and O–H groups in total. The van der Waals surface area contributed by atoms with Crippen LogP contribution in [0.15, 0.2) is 0 Å². The van der Waals surface area contributed by atoms with Gasteiger partial charge in [0.25, 0.3) is 0 Å². The van der Waals surface area contributed by atoms with Gasteiger partial charge in [-0.3, -0.25) is 4.79 Å². The lowest BCUT2D eigenvalue weighted by molar-refractivity contribution is -0.134. The first-order valence-electron chi connectivity index (χ1n) is 6.79. The zero-order chi connectivity index (χ0) is 12.9. The van der Waals surface area contributed by atoms with Gasteiger partial charge < -0.3 is 10.5 Å². The number of ether oxygens (including phenoxy) is 1. The van der Waals surface area contributed by atoms with Crippen molar-refractivity contribution in [2.75, 3.05) is 20.3 Å². The Morgan fingerprint density at radius 3 is 2.53 bits per heavy atom. The van der Waals surface area contributed by atoms with Gasteiger partial charge >= 0.3 is 0 Å². The average molecular weight is 241 g/mol. The molecule has 3 heteroatoms. The van der Waals surface area contributed by atoms with Gasteiger partial charge in [0, 0.05) is 31.6 Å². The Bertz CT molecular complexity index is 245. The van der Waals surface area contributed by atoms with Gasteiger partial charge in [0.15, 0.2) is 0 Å². The monoisotopic (exact) mass is 241 g/mol. The third-order valence-electron chi connectivity index (χ3n) is 4.35. The first-order valence-corrected chi connectivity index (χ1v) is 6.79. The molecule has 3 nitrogen and oxygen atoms in total. The molecule has 0 bridgehead atoms. The van der Waals surface area contributed by atoms with Crippen LogP contribution in [-0.4, -0.2) is 26.0 Å². The smallest absolute Gasteiger partial charge is 0.143 e. The molecule has 0 spiro atoms. The van der Waals surface area contributed by atoms with Crippen LogP contribution >= 0.6 is 0 Å². The van der Waals surface area contributed by atoms with Crippen LogP contribution in [0.2, 0.25) is 0 Å². The lowest BCUT2D eigenvalue weighted by atomic mass is 9.66. The van der Waals surface area contributed by atoms with Crippen molar-refractivity contribution >= 4 is 5.78 Å². The van der Waals surface area contributed by atoms with Crippen molar-refractivity contribution in [2.24, 2.45) is 23.0 Å². The van der Waals surface area contributed by atoms with E-state index in [4.69, 9.17) is 10.5 Å². The lowest BCUT2D eigenvalue weighted by Gasteiger charge is -2.38. The van der Waals surface area contributed by atoms with Crippen LogP contribution in [0.4, 0.5) is 0 Å². The number of rotatable bonds is 6. The minimum Gasteiger partial charge on any atom is -0.385 e. The van der Waals surface area contributed by atoms with E-state index in [0.29, 0.717) is 18.9 Å². The van der Waals surface area contributed by atoms with Crippen LogP contribution in [0.5, 0.6) is 0 Å². The van der Waals surface area contributed by atoms with E-state index in [2.05, 4.69) is 6.92 Å². The second kappa shape index (κ2) is 6.50. The number of hydrogen-bond donors (Lipinski definition) is 1. The quantitative estimate of drug-likeness (QED) is 0.777. The summed E-state index contributed by atoms with van der Waals surface area (Å²) < 4.78 is 5.05. The maximum Gasteiger partial charge on any atom is 0.143 e. The second-order valence-electron chi connectivity index (χ2n) is 5.71. The van der Waals surface area contributed by atoms with Crippen LogP contribution in [0.3, 0.4) is 0 Å². The van der Waals surface area contributed by atoms with Crippen LogP contribution in [0.25, 0.3) is 0 Å². The van der Waals surface area contributed by atoms with Crippen LogP contribution in [-0.2, 0) is 9.53 Å². The van der Waals surface area contributed by atoms with E-state index in [-0.39, 0.29) is 11.3 Å². The molecule has 0 aromatic carbocycles. The molecule has 0 aromatic rings. The zero-order valence-electron chi connectivity index (χ0n) is 11.5. The molecular weight excluding hydrogens is 214 g/mol. The number of Topliss-reactive ketones (excluding diaryl/α,β-unsaturated/α-hetero) is 1. The zero-order valence-corrected chi connectivity index (χ0v) is 11.5. The summed E-state index contributed by atoms with van der Waals surface area (Å²) in [7, 11) is 1.68. The van der Waals surface area contributed by atoms with Crippen molar-refractivity contribution in [3.63, 3.8) is 0 Å². The fraction of sp³-hybridized carbons (Fsp3) is 0.929. The Hall–Kier alpha value is -0.410. The minimum absolute atomic E-state index is 0.0758. The average Bonchev–Trinajstić information content (AvgIpc) is 2.36. The molecule has 1 unspecified atom stereocenters. The van der Waals surface area contributed by atoms with Gasteiger partial charge in [-0.1, -0.05) is 13.8 Å². The van der Waals surface area contributed by atoms with Gasteiger partial charge in [-0.15, -0.1) is 0 Å². The molecule has 0 radical (unpaired) electrons. The molecule has 0 aliphatic heterocycles. The summed E-state index contributed by atoms with van der Waals surface area (Å²) in [5, 5.41) is 0. The molecule has 1 fully saturated rings. The summed E-state index contributed by atoms with van der Waals surface area (Å²) in [6, 6.07) is 0. The molecule has 100 valence electrons. The van der Waals surface area contributed by atoms with Crippen LogP contribution in [0, 0.1) is 17.3 Å². The van der Waals surface area contributed by atoms with Gasteiger partial charge in [-0.05, 0) is 38.0 Å². The Kier molecular flexibility index (Phi) is 5.60. The predicted octanol–water partition coefficient (Wildman–Crippen LogP) is 2.38. The molecule has 1 rings (SSSR count). The van der Waals surface area contributed by atoms with Crippen molar-refractivity contribution in [3.8, 4) is 0 Å². The Morgan fingerprint density at radius 1 is 1.47 bits per heavy atom. The molecule has 0 saturated heterocycles. The fourth-order valence-corrected chi connectivity index (χ4v) is 2.81. The minimum atomic E-state index is -0.236. The highest BCUT2D eigenvalue weighted by molar-refractivity contribution is 5.87. The Labute approximate surface area is 105 Å². The summed E-state index contributed by atoms with van der Waals surface area (Å²) in [5.41, 5.74) is 5.66. The van der Waals surface area contributed by atoms with E-state index in [1.807, 2.05) is 6.92 Å². The van der Waals surface area contributed by atoms with E-state index in [9.17, 15) is 4.79 Å². The summed E-state index contributed by atoms with van der Waals surface area (Å²) in [6.07, 6.45) is 5.04. The molecule has 0 amide bonds. The highest BCUT2D eigenvalue weighted by atomic mass is 16.5. The normalized spacial score (nSPS) is 31.2. The summed E-state index contributed by atoms with van der Waals surface area (Å²) >= 11 is 0. The molecule has 1 aliphatic rings. The molecule has 0 aromatic heterocycles. The lowest BCUT2D eigenvalue weighted by Crippen LogP contribution is -2.44. The van der Waals surface area contributed by atoms with Crippen LogP contribution in [0.1, 0.15) is 46.0 Å². The van der Waals surface area contributed by atoms with Gasteiger partial charge in [0.2, 0.25) is 0 Å². The first-order chi connectivity index (χ1) is 8.05. The Balaban J connectivity index is 2.62. The van der Waals surface area contributed by atoms with E-state index in [1.165, 1.54) is 0 Å². The maximum atomic E-state index is 12.5. The van der Waals surface area contributed by atoms with E-state index in [0.717, 1.165) is 38.0 Å². The molecule has 1 atom stereocenters. The summed E-state index contributed by atoms with van der Waals surface area (Å²) in [4.78, 5) is 12.5. The molecule has 1 saturated carbocycles. The number of carbonyl (C=O) groups excluding carboxylic acids is 1. The van der Waals surface area contributed by atoms with Crippen molar-refractivity contribution in [1.29, 1.82) is 0 Å². The van der Waals surface area contributed by atoms with E-state index in [1.54, 1.807) is 7.11 Å². The number of ketones is 1. The maximum absolute atomic E-state index is 12.5. The topological polar surface area (TPSA) is 52.3 Å². The molecule has 1 aliphatic carbocycles. The van der Waals surface area contributed by atoms with Gasteiger partial charge in [0.05, 0.1) is 0 Å². The largest absolute Gasteiger partial charge is 0.385 e. The highest BCUT2D eigenvalue weighted by Gasteiger charge is 2.41. The van der Waals surface area contributed by atoms with Crippen molar-refractivity contribution < 1.29 is 9.53 Å². The molecular formula is C14H27NO2. The van der Waals surface area contributed by atoms with E-state index < -0.39 is 0 Å². The van der Waals surface area contributed by atoms with E-state index >= 15 is 0 Å². The van der Waals surface area contributed by atoms with Crippen molar-refractivity contribution in [3.05, 3.63) is 0 Å². The summed E-state index contributed by atoms with van der Waals surface area (Å²) in [6.45, 7) is 5.44. The second-order valence-corrected chi connectivity index (χ2v) is 5.71. The van der Waals surface area contributed by atoms with Gasteiger partial charge in [-0.25, -0.2) is 0 Å². The number of hydrogen-bond acceptors (Lipinski definition) is 3. The van der Waals surface area contributed by atoms with Crippen LogP contribution < -0.4 is 5.73 Å². The predicted molar refractivity (Wildman–Crippen MR) is 69.8 cm³/mol. The third-order valence-corrected chi connectivity index (χ3v) is 4.35. The van der Waals surface area contributed by atoms with Gasteiger partial charge in [0.1, 0.15) is 5.78 Å². The summed E-state index contributed by atoms with van der Waals surface area (Å²) in [5.74, 6) is 1.19. The van der Waals surface area contributed by atoms with Crippen molar-refractivity contribution in [2.45, 2.75) is 46.0 Å². The standard InChI is InChI=1S/C14H27NO2/c1-11-4-7-14(10-15,8-5-11)13(16)12(2)6-9-17-3/h11-12H,4-10,15H2,1-3H3. The van der Waals surface area contributed by atoms with Crippen molar-refractivity contribution in [1.82, 2.24) is 0 Å². The molecule has 0 heterocycles. The number of nitrogens with two attached hydrogens (primary N) is 1. The Morgan fingerprint density at radius 2 is 2.06 bits per heavy atom.